The first-order chi connectivity index (χ1) is 33.1. The van der Waals surface area contributed by atoms with Crippen molar-refractivity contribution in [2.45, 2.75) is 69.2 Å². The molecule has 362 valence electrons. The topological polar surface area (TPSA) is 247 Å². The molecule has 0 saturated carbocycles. The molecule has 2 aromatic heterocycles. The number of aromatic amines is 2. The van der Waals surface area contributed by atoms with E-state index in [9.17, 15) is 34.4 Å². The minimum absolute atomic E-state index is 0.0443. The van der Waals surface area contributed by atoms with Crippen LogP contribution in [0, 0.1) is 24.0 Å². The predicted molar refractivity (Wildman–Crippen MR) is 252 cm³/mol. The van der Waals surface area contributed by atoms with Gasteiger partial charge in [0, 0.05) is 60.3 Å². The molecular weight excluding hydrogens is 938 g/mol. The van der Waals surface area contributed by atoms with Crippen LogP contribution in [-0.2, 0) is 40.7 Å². The average molecular weight is 986 g/mol. The van der Waals surface area contributed by atoms with Gasteiger partial charge in [-0.1, -0.05) is 54.6 Å². The van der Waals surface area contributed by atoms with Crippen molar-refractivity contribution in [1.82, 2.24) is 19.1 Å². The van der Waals surface area contributed by atoms with Crippen LogP contribution in [0.15, 0.2) is 135 Å². The fraction of sp³-hybridized carbons (Fsp3) is 0.319. The smallest absolute Gasteiger partial charge is 0.381 e. The van der Waals surface area contributed by atoms with E-state index in [1.165, 1.54) is 48.1 Å². The molecule has 7 atom stereocenters. The SMILES string of the molecule is COc1ccc(C(OC[C@H]2O[C@@H](n3cc(C)c(=O)[nH]c3=O)C[C@@H]2O[P@@](=S)(OC[C@H]2O[C@@H](n3cc(C)c(=O)[nH]c3=O)C[C@@H]2O)Oc2ccc([N+](=O)[O-])cc2)(c2ccccc2)c2ccc(OC)cc2)cc1. The Labute approximate surface area is 398 Å². The summed E-state index contributed by atoms with van der Waals surface area (Å²) in [6.07, 6.45) is -3.85. The number of nitrogens with zero attached hydrogens (tertiary/aromatic N) is 3. The second kappa shape index (κ2) is 20.6. The number of H-pyrrole nitrogens is 2. The fourth-order valence-corrected chi connectivity index (χ4v) is 10.4. The van der Waals surface area contributed by atoms with Crippen LogP contribution in [-0.4, -0.2) is 81.0 Å². The highest BCUT2D eigenvalue weighted by Gasteiger charge is 2.46. The van der Waals surface area contributed by atoms with Crippen molar-refractivity contribution >= 4 is 24.2 Å². The predicted octanol–water partition coefficient (Wildman–Crippen LogP) is 5.28. The Morgan fingerprint density at radius 1 is 0.725 bits per heavy atom. The molecule has 2 fully saturated rings. The van der Waals surface area contributed by atoms with E-state index in [1.807, 2.05) is 78.9 Å². The zero-order chi connectivity index (χ0) is 49.0. The molecule has 4 heterocycles. The Morgan fingerprint density at radius 3 is 1.74 bits per heavy atom. The summed E-state index contributed by atoms with van der Waals surface area (Å²) < 4.78 is 52.7. The number of non-ortho nitro benzene ring substituents is 1. The Morgan fingerprint density at radius 2 is 1.22 bits per heavy atom. The van der Waals surface area contributed by atoms with E-state index in [1.54, 1.807) is 21.1 Å². The Kier molecular flexibility index (Phi) is 14.6. The number of rotatable bonds is 18. The number of nitro groups is 1. The molecule has 22 heteroatoms. The number of ether oxygens (including phenoxy) is 5. The standard InChI is InChI=1S/C47H48N5O15PS/c1-28-24-50(45(56)48-43(28)54)41-22-37(53)39(64-41)27-63-68(69,66-36-20-14-33(15-21-36)52(58)59)67-38-23-42(51-25-29(2)44(55)49-46(51)57)65-40(38)26-62-47(30-8-6-5-7-9-30,31-10-16-34(60-3)17-11-31)32-12-18-35(61-4)19-13-32/h5-21,24-25,37-42,53H,22-23,26-27H2,1-4H3,(H,48,54,56)(H,49,55,57)/t37-,38-,39+,40+,41+,42+,68+/m0/s1. The maximum atomic E-state index is 13.4. The number of methoxy groups -OCH3 is 2. The molecule has 8 rings (SSSR count). The lowest BCUT2D eigenvalue weighted by atomic mass is 9.80. The van der Waals surface area contributed by atoms with Gasteiger partial charge >= 0.3 is 18.1 Å². The van der Waals surface area contributed by atoms with Gasteiger partial charge in [-0.25, -0.2) is 9.59 Å². The largest absolute Gasteiger partial charge is 0.497 e. The summed E-state index contributed by atoms with van der Waals surface area (Å²) in [5.74, 6) is 1.26. The van der Waals surface area contributed by atoms with E-state index >= 15 is 0 Å². The summed E-state index contributed by atoms with van der Waals surface area (Å²) >= 11 is 6.10. The fourth-order valence-electron chi connectivity index (χ4n) is 8.22. The maximum absolute atomic E-state index is 13.4. The van der Waals surface area contributed by atoms with Crippen LogP contribution in [0.3, 0.4) is 0 Å². The number of aliphatic hydroxyl groups excluding tert-OH is 1. The van der Waals surface area contributed by atoms with Crippen LogP contribution in [0.5, 0.6) is 17.2 Å². The van der Waals surface area contributed by atoms with Crippen molar-refractivity contribution in [1.29, 1.82) is 0 Å². The van der Waals surface area contributed by atoms with Crippen molar-refractivity contribution in [2.24, 2.45) is 0 Å². The number of benzene rings is 4. The van der Waals surface area contributed by atoms with Crippen LogP contribution >= 0.6 is 6.72 Å². The Balaban J connectivity index is 1.17. The minimum atomic E-state index is -4.12. The molecule has 0 radical (unpaired) electrons. The van der Waals surface area contributed by atoms with E-state index in [0.29, 0.717) is 22.6 Å². The molecule has 3 N–H and O–H groups in total. The molecule has 20 nitrogen and oxygen atoms in total. The van der Waals surface area contributed by atoms with Gasteiger partial charge in [-0.15, -0.1) is 0 Å². The highest BCUT2D eigenvalue weighted by Crippen LogP contribution is 2.54. The van der Waals surface area contributed by atoms with E-state index in [-0.39, 0.29) is 42.0 Å². The molecule has 2 aliphatic heterocycles. The van der Waals surface area contributed by atoms with E-state index < -0.39 is 83.2 Å². The maximum Gasteiger partial charge on any atom is 0.381 e. The summed E-state index contributed by atoms with van der Waals surface area (Å²) in [5.41, 5.74) is -1.54. The Hall–Kier alpha value is -6.55. The lowest BCUT2D eigenvalue weighted by molar-refractivity contribution is -0.384. The van der Waals surface area contributed by atoms with Gasteiger partial charge in [0.05, 0.1) is 38.5 Å². The zero-order valence-corrected chi connectivity index (χ0v) is 39.3. The van der Waals surface area contributed by atoms with Gasteiger partial charge < -0.3 is 33.3 Å². The van der Waals surface area contributed by atoms with Gasteiger partial charge in [-0.05, 0) is 66.9 Å². The zero-order valence-electron chi connectivity index (χ0n) is 37.6. The molecule has 0 spiro atoms. The van der Waals surface area contributed by atoms with Crippen molar-refractivity contribution < 1.29 is 47.3 Å². The second-order valence-electron chi connectivity index (χ2n) is 16.3. The molecule has 0 aliphatic carbocycles. The minimum Gasteiger partial charge on any atom is -0.497 e. The van der Waals surface area contributed by atoms with Gasteiger partial charge in [0.25, 0.3) is 16.8 Å². The first-order valence-electron chi connectivity index (χ1n) is 21.6. The van der Waals surface area contributed by atoms with Crippen LogP contribution in [0.4, 0.5) is 5.69 Å². The van der Waals surface area contributed by atoms with Crippen LogP contribution < -0.4 is 36.5 Å². The lowest BCUT2D eigenvalue weighted by Gasteiger charge is -2.37. The quantitative estimate of drug-likeness (QED) is 0.0429. The van der Waals surface area contributed by atoms with Gasteiger partial charge in [0.15, 0.2) is 0 Å². The molecule has 0 unspecified atom stereocenters. The monoisotopic (exact) mass is 985 g/mol. The summed E-state index contributed by atoms with van der Waals surface area (Å²) in [5, 5.41) is 22.7. The van der Waals surface area contributed by atoms with Gasteiger partial charge in [0.1, 0.15) is 53.6 Å². The first kappa shape index (κ1) is 48.9. The number of aliphatic hydroxyl groups is 1. The third-order valence-electron chi connectivity index (χ3n) is 11.9. The Bertz CT molecular complexity index is 3030. The molecule has 6 aromatic rings. The number of aryl methyl sites for hydroxylation is 2. The molecule has 2 saturated heterocycles. The van der Waals surface area contributed by atoms with Gasteiger partial charge in [-0.3, -0.25) is 47.9 Å². The highest BCUT2D eigenvalue weighted by atomic mass is 32.5. The molecule has 0 bridgehead atoms. The lowest BCUT2D eigenvalue weighted by Crippen LogP contribution is -2.38. The van der Waals surface area contributed by atoms with E-state index in [2.05, 4.69) is 9.97 Å². The molecule has 4 aromatic carbocycles. The number of nitrogens with one attached hydrogen (secondary N) is 2. The normalized spacial score (nSPS) is 21.1. The van der Waals surface area contributed by atoms with Crippen molar-refractivity contribution in [3.63, 3.8) is 0 Å². The summed E-state index contributed by atoms with van der Waals surface area (Å²) in [6.45, 7) is -1.71. The van der Waals surface area contributed by atoms with E-state index in [4.69, 9.17) is 49.1 Å². The molecule has 2 aliphatic rings. The summed E-state index contributed by atoms with van der Waals surface area (Å²) in [7, 11) is 3.13. The highest BCUT2D eigenvalue weighted by molar-refractivity contribution is 8.07. The van der Waals surface area contributed by atoms with Crippen molar-refractivity contribution in [2.75, 3.05) is 27.4 Å². The number of hydrogen-bond donors (Lipinski definition) is 3. The molecule has 0 amide bonds. The first-order valence-corrected chi connectivity index (χ1v) is 24.1. The summed E-state index contributed by atoms with van der Waals surface area (Å²) in [6, 6.07) is 29.4. The number of nitro benzene ring substituents is 1. The third kappa shape index (κ3) is 10.6. The summed E-state index contributed by atoms with van der Waals surface area (Å²) in [4.78, 5) is 66.2. The van der Waals surface area contributed by atoms with E-state index in [0.717, 1.165) is 10.1 Å². The van der Waals surface area contributed by atoms with Crippen molar-refractivity contribution in [3.8, 4) is 17.2 Å². The molecule has 69 heavy (non-hydrogen) atoms. The number of aromatic nitrogens is 4. The second-order valence-corrected chi connectivity index (χ2v) is 19.2. The third-order valence-corrected chi connectivity index (χ3v) is 14.1. The van der Waals surface area contributed by atoms with Gasteiger partial charge in [-0.2, -0.15) is 0 Å². The van der Waals surface area contributed by atoms with Crippen LogP contribution in [0.1, 0.15) is 53.1 Å². The van der Waals surface area contributed by atoms with Crippen LogP contribution in [0.25, 0.3) is 0 Å². The molecular formula is C47H48N5O15PS. The average Bonchev–Trinajstić information content (AvgIpc) is 3.93. The van der Waals surface area contributed by atoms with Crippen LogP contribution in [0.2, 0.25) is 0 Å². The van der Waals surface area contributed by atoms with Gasteiger partial charge in [0.2, 0.25) is 0 Å². The number of hydrogen-bond acceptors (Lipinski definition) is 16. The van der Waals surface area contributed by atoms with Crippen molar-refractivity contribution in [3.05, 3.63) is 195 Å².